The zero-order valence-electron chi connectivity index (χ0n) is 16.3. The van der Waals surface area contributed by atoms with Crippen molar-refractivity contribution in [3.8, 4) is 0 Å². The largest absolute Gasteiger partial charge is 0.386 e. The van der Waals surface area contributed by atoms with Gasteiger partial charge in [0.2, 0.25) is 0 Å². The lowest BCUT2D eigenvalue weighted by atomic mass is 9.84. The van der Waals surface area contributed by atoms with Gasteiger partial charge in [-0.3, -0.25) is 9.59 Å². The Morgan fingerprint density at radius 1 is 1.08 bits per heavy atom. The van der Waals surface area contributed by atoms with Crippen LogP contribution in [0.1, 0.15) is 60.8 Å². The normalized spacial score (nSPS) is 14.0. The molecule has 0 aliphatic carbocycles. The molecule has 4 N–H and O–H groups in total. The molecule has 0 aliphatic heterocycles. The molecule has 0 heterocycles. The Hall–Kier alpha value is -1.36. The van der Waals surface area contributed by atoms with Gasteiger partial charge in [-0.05, 0) is 18.8 Å². The Morgan fingerprint density at radius 2 is 1.67 bits per heavy atom. The van der Waals surface area contributed by atoms with E-state index < -0.39 is 0 Å². The molecule has 1 unspecified atom stereocenters. The van der Waals surface area contributed by atoms with E-state index in [1.807, 2.05) is 41.5 Å². The van der Waals surface area contributed by atoms with Gasteiger partial charge in [-0.15, -0.1) is 0 Å². The second-order valence-corrected chi connectivity index (χ2v) is 7.56. The maximum absolute atomic E-state index is 12.7. The molecule has 0 aromatic rings. The topological polar surface area (TPSA) is 84.2 Å². The summed E-state index contributed by atoms with van der Waals surface area (Å²) in [5.41, 5.74) is 5.48. The highest BCUT2D eigenvalue weighted by Gasteiger charge is 2.29. The maximum Gasteiger partial charge on any atom is 0.150 e. The van der Waals surface area contributed by atoms with E-state index in [-0.39, 0.29) is 41.4 Å². The minimum absolute atomic E-state index is 0.0595. The lowest BCUT2D eigenvalue weighted by molar-refractivity contribution is -0.131. The first-order valence-electron chi connectivity index (χ1n) is 9.06. The van der Waals surface area contributed by atoms with Crippen molar-refractivity contribution in [3.05, 3.63) is 12.4 Å². The number of carbonyl (C=O) groups is 2. The minimum Gasteiger partial charge on any atom is -0.386 e. The number of rotatable bonds is 13. The fraction of sp³-hybridized carbons (Fsp3) is 0.789. The summed E-state index contributed by atoms with van der Waals surface area (Å²) in [5, 5.41) is 6.30. The molecule has 0 bridgehead atoms. The van der Waals surface area contributed by atoms with Gasteiger partial charge < -0.3 is 16.4 Å². The van der Waals surface area contributed by atoms with Gasteiger partial charge in [-0.25, -0.2) is 0 Å². The second kappa shape index (κ2) is 11.2. The van der Waals surface area contributed by atoms with Gasteiger partial charge in [0.25, 0.3) is 0 Å². The first-order valence-corrected chi connectivity index (χ1v) is 9.06. The summed E-state index contributed by atoms with van der Waals surface area (Å²) in [6, 6.07) is 0.0368. The van der Waals surface area contributed by atoms with Crippen molar-refractivity contribution in [3.63, 3.8) is 0 Å². The zero-order chi connectivity index (χ0) is 18.9. The van der Waals surface area contributed by atoms with E-state index in [4.69, 9.17) is 5.73 Å². The quantitative estimate of drug-likeness (QED) is 0.449. The summed E-state index contributed by atoms with van der Waals surface area (Å²) < 4.78 is 0. The molecule has 140 valence electrons. The summed E-state index contributed by atoms with van der Waals surface area (Å²) in [7, 11) is 0. The molecule has 0 aromatic heterocycles. The van der Waals surface area contributed by atoms with Gasteiger partial charge >= 0.3 is 0 Å². The van der Waals surface area contributed by atoms with E-state index in [0.29, 0.717) is 25.2 Å². The van der Waals surface area contributed by atoms with Crippen molar-refractivity contribution >= 4 is 11.6 Å². The number of nitrogens with one attached hydrogen (secondary N) is 2. The molecule has 5 heteroatoms. The molecule has 2 atom stereocenters. The van der Waals surface area contributed by atoms with Gasteiger partial charge in [-0.1, -0.05) is 48.1 Å². The van der Waals surface area contributed by atoms with Gasteiger partial charge in [0.15, 0.2) is 5.78 Å². The summed E-state index contributed by atoms with van der Waals surface area (Å²) in [6.07, 6.45) is 1.79. The van der Waals surface area contributed by atoms with Crippen LogP contribution in [0.3, 0.4) is 0 Å². The lowest BCUT2D eigenvalue weighted by Crippen LogP contribution is -2.45. The standard InChI is InChI=1S/C19H37N3O2/c1-12(2)18(22-14(5)6)17(23)11-16(19(24)13(3)4)9-8-10-21-15(7)20/h12-14,16,18,21-22H,7-11,20H2,1-6H3/t16-,18?/m1/s1. The Morgan fingerprint density at radius 3 is 2.08 bits per heavy atom. The van der Waals surface area contributed by atoms with Crippen LogP contribution in [-0.2, 0) is 9.59 Å². The highest BCUT2D eigenvalue weighted by atomic mass is 16.1. The summed E-state index contributed by atoms with van der Waals surface area (Å²) in [5.74, 6) is 0.656. The monoisotopic (exact) mass is 339 g/mol. The molecule has 0 radical (unpaired) electrons. The third-order valence-electron chi connectivity index (χ3n) is 4.03. The molecule has 0 saturated carbocycles. The number of ketones is 2. The number of carbonyl (C=O) groups excluding carboxylic acids is 2. The van der Waals surface area contributed by atoms with Crippen LogP contribution < -0.4 is 16.4 Å². The summed E-state index contributed by atoms with van der Waals surface area (Å²) >= 11 is 0. The van der Waals surface area contributed by atoms with Crippen LogP contribution in [0, 0.1) is 17.8 Å². The fourth-order valence-electron chi connectivity index (χ4n) is 2.80. The molecular weight excluding hydrogens is 302 g/mol. The van der Waals surface area contributed by atoms with Crippen LogP contribution in [0.15, 0.2) is 12.4 Å². The van der Waals surface area contributed by atoms with Gasteiger partial charge in [0.05, 0.1) is 11.9 Å². The lowest BCUT2D eigenvalue weighted by Gasteiger charge is -2.26. The zero-order valence-corrected chi connectivity index (χ0v) is 16.3. The Balaban J connectivity index is 4.85. The molecule has 0 rings (SSSR count). The number of nitrogens with two attached hydrogens (primary N) is 1. The Bertz CT molecular complexity index is 417. The highest BCUT2D eigenvalue weighted by molar-refractivity contribution is 5.91. The van der Waals surface area contributed by atoms with Crippen LogP contribution in [-0.4, -0.2) is 30.2 Å². The maximum atomic E-state index is 12.7. The van der Waals surface area contributed by atoms with E-state index in [1.165, 1.54) is 0 Å². The average Bonchev–Trinajstić information content (AvgIpc) is 2.45. The molecule has 0 saturated heterocycles. The molecule has 0 amide bonds. The summed E-state index contributed by atoms with van der Waals surface area (Å²) in [4.78, 5) is 25.2. The van der Waals surface area contributed by atoms with Crippen LogP contribution in [0.25, 0.3) is 0 Å². The molecule has 24 heavy (non-hydrogen) atoms. The molecule has 0 fully saturated rings. The number of hydrogen-bond donors (Lipinski definition) is 3. The average molecular weight is 340 g/mol. The van der Waals surface area contributed by atoms with Crippen molar-refractivity contribution in [2.45, 2.75) is 72.9 Å². The molecular formula is C19H37N3O2. The number of hydrogen-bond acceptors (Lipinski definition) is 5. The van der Waals surface area contributed by atoms with Gasteiger partial charge in [-0.2, -0.15) is 0 Å². The van der Waals surface area contributed by atoms with Crippen LogP contribution in [0.4, 0.5) is 0 Å². The van der Waals surface area contributed by atoms with Crippen LogP contribution >= 0.6 is 0 Å². The Labute approximate surface area is 147 Å². The van der Waals surface area contributed by atoms with Gasteiger partial charge in [0.1, 0.15) is 5.78 Å². The van der Waals surface area contributed by atoms with Crippen molar-refractivity contribution in [2.24, 2.45) is 23.5 Å². The smallest absolute Gasteiger partial charge is 0.150 e. The van der Waals surface area contributed by atoms with Gasteiger partial charge in [0, 0.05) is 30.8 Å². The predicted octanol–water partition coefficient (Wildman–Crippen LogP) is 2.61. The fourth-order valence-corrected chi connectivity index (χ4v) is 2.80. The molecule has 0 spiro atoms. The first kappa shape index (κ1) is 22.6. The van der Waals surface area contributed by atoms with Crippen LogP contribution in [0.2, 0.25) is 0 Å². The molecule has 5 nitrogen and oxygen atoms in total. The predicted molar refractivity (Wildman–Crippen MR) is 100 cm³/mol. The Kier molecular flexibility index (Phi) is 10.6. The first-order chi connectivity index (χ1) is 11.1. The summed E-state index contributed by atoms with van der Waals surface area (Å²) in [6.45, 7) is 16.2. The highest BCUT2D eigenvalue weighted by Crippen LogP contribution is 2.20. The van der Waals surface area contributed by atoms with Crippen molar-refractivity contribution in [2.75, 3.05) is 6.54 Å². The second-order valence-electron chi connectivity index (χ2n) is 7.56. The third-order valence-corrected chi connectivity index (χ3v) is 4.03. The molecule has 0 aliphatic rings. The van der Waals surface area contributed by atoms with Crippen molar-refractivity contribution in [1.82, 2.24) is 10.6 Å². The molecule has 0 aromatic carbocycles. The van der Waals surface area contributed by atoms with E-state index in [1.54, 1.807) is 0 Å². The van der Waals surface area contributed by atoms with Crippen LogP contribution in [0.5, 0.6) is 0 Å². The van der Waals surface area contributed by atoms with Crippen molar-refractivity contribution in [1.29, 1.82) is 0 Å². The minimum atomic E-state index is -0.222. The third kappa shape index (κ3) is 9.06. The van der Waals surface area contributed by atoms with E-state index in [2.05, 4.69) is 17.2 Å². The SMILES string of the molecule is C=C(N)NCCC[C@H](CC(=O)C(NC(C)C)C(C)C)C(=O)C(C)C. The van der Waals surface area contributed by atoms with E-state index in [0.717, 1.165) is 6.42 Å². The number of Topliss-reactive ketones (excluding diaryl/α,β-unsaturated/α-hetero) is 2. The van der Waals surface area contributed by atoms with E-state index in [9.17, 15) is 9.59 Å². The van der Waals surface area contributed by atoms with E-state index >= 15 is 0 Å². The van der Waals surface area contributed by atoms with Crippen molar-refractivity contribution < 1.29 is 9.59 Å².